The van der Waals surface area contributed by atoms with Crippen molar-refractivity contribution in [3.05, 3.63) is 46.8 Å². The van der Waals surface area contributed by atoms with Crippen molar-refractivity contribution in [2.24, 2.45) is 0 Å². The number of thiazole rings is 1. The Kier molecular flexibility index (Phi) is 4.64. The zero-order valence-electron chi connectivity index (χ0n) is 12.9. The van der Waals surface area contributed by atoms with Gasteiger partial charge in [0.25, 0.3) is 0 Å². The van der Waals surface area contributed by atoms with Crippen molar-refractivity contribution >= 4 is 50.8 Å². The Bertz CT molecular complexity index is 880. The first-order valence-corrected chi connectivity index (χ1v) is 8.37. The van der Waals surface area contributed by atoms with Crippen LogP contribution in [0.15, 0.2) is 36.0 Å². The summed E-state index contributed by atoms with van der Waals surface area (Å²) >= 11 is 7.45. The van der Waals surface area contributed by atoms with E-state index in [0.717, 1.165) is 4.90 Å². The van der Waals surface area contributed by atoms with E-state index >= 15 is 0 Å². The van der Waals surface area contributed by atoms with Gasteiger partial charge in [-0.3, -0.25) is 0 Å². The van der Waals surface area contributed by atoms with Crippen molar-refractivity contribution < 1.29 is 13.9 Å². The molecule has 1 amide bonds. The predicted octanol–water partition coefficient (Wildman–Crippen LogP) is 5.17. The number of anilines is 2. The maximum atomic E-state index is 14.4. The van der Waals surface area contributed by atoms with Gasteiger partial charge in [0.1, 0.15) is 11.5 Å². The fraction of sp³-hybridized carbons (Fsp3) is 0.188. The van der Waals surface area contributed by atoms with Gasteiger partial charge in [0.2, 0.25) is 0 Å². The molecule has 0 aliphatic carbocycles. The van der Waals surface area contributed by atoms with Crippen LogP contribution in [0, 0.1) is 5.82 Å². The molecule has 0 saturated carbocycles. The van der Waals surface area contributed by atoms with Gasteiger partial charge in [0.05, 0.1) is 26.9 Å². The number of fused-ring (bicyclic) bond motifs is 1. The van der Waals surface area contributed by atoms with E-state index in [2.05, 4.69) is 9.97 Å². The quantitative estimate of drug-likeness (QED) is 0.642. The molecule has 0 fully saturated rings. The molecule has 0 atom stereocenters. The van der Waals surface area contributed by atoms with Crippen LogP contribution in [0.5, 0.6) is 0 Å². The molecule has 0 saturated heterocycles. The molecule has 0 aliphatic heterocycles. The lowest BCUT2D eigenvalue weighted by Gasteiger charge is -2.24. The van der Waals surface area contributed by atoms with Crippen LogP contribution >= 0.6 is 22.9 Å². The monoisotopic (exact) mass is 365 g/mol. The van der Waals surface area contributed by atoms with Crippen molar-refractivity contribution in [1.29, 1.82) is 0 Å². The lowest BCUT2D eigenvalue weighted by molar-refractivity contribution is 0.125. The average Bonchev–Trinajstić information content (AvgIpc) is 2.99. The fourth-order valence-corrected chi connectivity index (χ4v) is 3.19. The standard InChI is InChI=1S/C16H13ClFN3O2S/c1-9(2)23-16(22)21(13-10(17)4-3-5-11(13)18)15-14-12(6-7-19-15)20-8-24-14/h3-9H,1-2H3. The van der Waals surface area contributed by atoms with Gasteiger partial charge in [-0.05, 0) is 32.0 Å². The highest BCUT2D eigenvalue weighted by atomic mass is 35.5. The lowest BCUT2D eigenvalue weighted by Crippen LogP contribution is -2.30. The molecular formula is C16H13ClFN3O2S. The molecule has 2 aromatic heterocycles. The van der Waals surface area contributed by atoms with Crippen LogP contribution in [0.4, 0.5) is 20.7 Å². The van der Waals surface area contributed by atoms with Crippen LogP contribution in [0.1, 0.15) is 13.8 Å². The number of aromatic nitrogens is 2. The van der Waals surface area contributed by atoms with Gasteiger partial charge in [-0.15, -0.1) is 11.3 Å². The molecule has 3 rings (SSSR count). The lowest BCUT2D eigenvalue weighted by atomic mass is 10.2. The molecule has 0 bridgehead atoms. The SMILES string of the molecule is CC(C)OC(=O)N(c1c(F)cccc1Cl)c1nccc2ncsc12. The summed E-state index contributed by atoms with van der Waals surface area (Å²) in [5.74, 6) is -0.417. The van der Waals surface area contributed by atoms with Gasteiger partial charge in [-0.2, -0.15) is 0 Å². The maximum absolute atomic E-state index is 14.4. The Hall–Kier alpha value is -2.25. The predicted molar refractivity (Wildman–Crippen MR) is 92.6 cm³/mol. The summed E-state index contributed by atoms with van der Waals surface area (Å²) in [7, 11) is 0. The molecule has 8 heteroatoms. The summed E-state index contributed by atoms with van der Waals surface area (Å²) in [5, 5.41) is 0.0824. The van der Waals surface area contributed by atoms with E-state index in [0.29, 0.717) is 10.2 Å². The van der Waals surface area contributed by atoms with Gasteiger partial charge in [-0.25, -0.2) is 24.1 Å². The minimum Gasteiger partial charge on any atom is -0.446 e. The third kappa shape index (κ3) is 3.05. The van der Waals surface area contributed by atoms with E-state index in [1.807, 2.05) is 0 Å². The number of rotatable bonds is 3. The molecule has 124 valence electrons. The summed E-state index contributed by atoms with van der Waals surface area (Å²) < 4.78 is 20.3. The Morgan fingerprint density at radius 1 is 1.33 bits per heavy atom. The van der Waals surface area contributed by atoms with Crippen LogP contribution in [-0.4, -0.2) is 22.2 Å². The number of benzene rings is 1. The number of carbonyl (C=O) groups is 1. The second kappa shape index (κ2) is 6.70. The van der Waals surface area contributed by atoms with Crippen LogP contribution in [0.2, 0.25) is 5.02 Å². The van der Waals surface area contributed by atoms with Gasteiger partial charge in [0.15, 0.2) is 5.82 Å². The van der Waals surface area contributed by atoms with Gasteiger partial charge < -0.3 is 4.74 Å². The van der Waals surface area contributed by atoms with Crippen molar-refractivity contribution in [2.75, 3.05) is 4.90 Å². The van der Waals surface area contributed by atoms with Crippen LogP contribution < -0.4 is 4.90 Å². The molecule has 24 heavy (non-hydrogen) atoms. The van der Waals surface area contributed by atoms with Crippen molar-refractivity contribution in [3.8, 4) is 0 Å². The second-order valence-corrected chi connectivity index (χ2v) is 6.44. The van der Waals surface area contributed by atoms with Crippen LogP contribution in [0.25, 0.3) is 10.2 Å². The highest BCUT2D eigenvalue weighted by Crippen LogP contribution is 2.38. The van der Waals surface area contributed by atoms with Crippen LogP contribution in [-0.2, 0) is 4.74 Å². The molecule has 5 nitrogen and oxygen atoms in total. The summed E-state index contributed by atoms with van der Waals surface area (Å²) in [6.45, 7) is 3.42. The number of ether oxygens (including phenoxy) is 1. The first-order chi connectivity index (χ1) is 11.5. The summed E-state index contributed by atoms with van der Waals surface area (Å²) in [6, 6.07) is 5.91. The smallest absolute Gasteiger partial charge is 0.420 e. The minimum atomic E-state index is -0.759. The second-order valence-electron chi connectivity index (χ2n) is 5.17. The maximum Gasteiger partial charge on any atom is 0.420 e. The number of amides is 1. The number of hydrogen-bond acceptors (Lipinski definition) is 5. The third-order valence-electron chi connectivity index (χ3n) is 3.12. The van der Waals surface area contributed by atoms with E-state index < -0.39 is 11.9 Å². The molecule has 0 unspecified atom stereocenters. The molecule has 3 aromatic rings. The molecule has 2 heterocycles. The van der Waals surface area contributed by atoms with Crippen molar-refractivity contribution in [1.82, 2.24) is 9.97 Å². The summed E-state index contributed by atoms with van der Waals surface area (Å²) in [4.78, 5) is 22.1. The zero-order chi connectivity index (χ0) is 17.3. The molecule has 0 aliphatic rings. The number of para-hydroxylation sites is 1. The van der Waals surface area contributed by atoms with Gasteiger partial charge in [0, 0.05) is 6.20 Å². The fourth-order valence-electron chi connectivity index (χ4n) is 2.18. The Morgan fingerprint density at radius 2 is 2.12 bits per heavy atom. The topological polar surface area (TPSA) is 55.3 Å². The molecule has 0 radical (unpaired) electrons. The molecular weight excluding hydrogens is 353 g/mol. The first-order valence-electron chi connectivity index (χ1n) is 7.12. The van der Waals surface area contributed by atoms with E-state index in [1.54, 1.807) is 25.4 Å². The number of hydrogen-bond donors (Lipinski definition) is 0. The van der Waals surface area contributed by atoms with E-state index in [4.69, 9.17) is 16.3 Å². The number of carbonyl (C=O) groups excluding carboxylic acids is 1. The Morgan fingerprint density at radius 3 is 2.83 bits per heavy atom. The average molecular weight is 366 g/mol. The normalized spacial score (nSPS) is 11.0. The van der Waals surface area contributed by atoms with Gasteiger partial charge in [-0.1, -0.05) is 17.7 Å². The Labute approximate surface area is 146 Å². The summed E-state index contributed by atoms with van der Waals surface area (Å²) in [6.07, 6.45) is 0.360. The molecule has 1 aromatic carbocycles. The minimum absolute atomic E-state index is 0.0824. The van der Waals surface area contributed by atoms with E-state index in [-0.39, 0.29) is 22.6 Å². The van der Waals surface area contributed by atoms with Crippen LogP contribution in [0.3, 0.4) is 0 Å². The highest BCUT2D eigenvalue weighted by Gasteiger charge is 2.29. The Balaban J connectivity index is 2.23. The van der Waals surface area contributed by atoms with Crippen molar-refractivity contribution in [2.45, 2.75) is 20.0 Å². The molecule has 0 N–H and O–H groups in total. The van der Waals surface area contributed by atoms with E-state index in [9.17, 15) is 9.18 Å². The van der Waals surface area contributed by atoms with Gasteiger partial charge >= 0.3 is 6.09 Å². The number of nitrogens with zero attached hydrogens (tertiary/aromatic N) is 3. The van der Waals surface area contributed by atoms with E-state index in [1.165, 1.54) is 35.7 Å². The number of halogens is 2. The summed E-state index contributed by atoms with van der Waals surface area (Å²) in [5.41, 5.74) is 2.18. The third-order valence-corrected chi connectivity index (χ3v) is 4.26. The number of pyridine rings is 1. The van der Waals surface area contributed by atoms with Crippen molar-refractivity contribution in [3.63, 3.8) is 0 Å². The largest absolute Gasteiger partial charge is 0.446 e. The molecule has 0 spiro atoms. The highest BCUT2D eigenvalue weighted by molar-refractivity contribution is 7.17. The zero-order valence-corrected chi connectivity index (χ0v) is 14.4. The first kappa shape index (κ1) is 16.6.